The first kappa shape index (κ1) is 20.1. The molecular formula is C20H25NO4S. The van der Waals surface area contributed by atoms with Crippen LogP contribution in [0.2, 0.25) is 0 Å². The van der Waals surface area contributed by atoms with Gasteiger partial charge in [-0.05, 0) is 55.0 Å². The van der Waals surface area contributed by atoms with E-state index >= 15 is 0 Å². The smallest absolute Gasteiger partial charge is 0.260 e. The number of amides is 1. The molecule has 0 aromatic heterocycles. The molecule has 0 aliphatic rings. The van der Waals surface area contributed by atoms with Gasteiger partial charge in [0.2, 0.25) is 0 Å². The molecule has 5 nitrogen and oxygen atoms in total. The van der Waals surface area contributed by atoms with Crippen LogP contribution in [0, 0.1) is 0 Å². The largest absolute Gasteiger partial charge is 0.508 e. The zero-order valence-electron chi connectivity index (χ0n) is 14.9. The minimum atomic E-state index is -0.0407. The minimum absolute atomic E-state index is 0.00596. The number of phenolic OH excluding ortho intramolecular Hbond substituents is 1. The van der Waals surface area contributed by atoms with E-state index in [1.165, 1.54) is 0 Å². The Hall–Kier alpha value is -2.18. The summed E-state index contributed by atoms with van der Waals surface area (Å²) in [6, 6.07) is 14.2. The number of aromatic hydroxyl groups is 1. The lowest BCUT2D eigenvalue weighted by Crippen LogP contribution is -2.35. The number of likely N-dealkylation sites (N-methyl/N-ethyl adjacent to an activating group) is 1. The number of hydrogen-bond acceptors (Lipinski definition) is 5. The standard InChI is InChI=1S/C20H25NO4S/c1-2-21(11-4-12-26-19-6-3-5-17(23)13-19)20(24)15-25-18-9-7-16(14-22)8-10-18/h3,5-10,13,22-23H,2,4,11-12,14-15H2,1H3. The minimum Gasteiger partial charge on any atom is -0.508 e. The van der Waals surface area contributed by atoms with Crippen LogP contribution in [0.4, 0.5) is 0 Å². The maximum Gasteiger partial charge on any atom is 0.260 e. The van der Waals surface area contributed by atoms with Gasteiger partial charge in [-0.1, -0.05) is 18.2 Å². The first-order valence-corrected chi connectivity index (χ1v) is 9.63. The highest BCUT2D eigenvalue weighted by atomic mass is 32.2. The SMILES string of the molecule is CCN(CCCSc1cccc(O)c1)C(=O)COc1ccc(CO)cc1. The fourth-order valence-electron chi connectivity index (χ4n) is 2.41. The lowest BCUT2D eigenvalue weighted by atomic mass is 10.2. The van der Waals surface area contributed by atoms with Crippen LogP contribution < -0.4 is 4.74 Å². The summed E-state index contributed by atoms with van der Waals surface area (Å²) < 4.78 is 5.53. The molecule has 26 heavy (non-hydrogen) atoms. The molecule has 0 spiro atoms. The molecule has 2 rings (SSSR count). The molecule has 0 aliphatic carbocycles. The second kappa shape index (κ2) is 10.7. The second-order valence-corrected chi connectivity index (χ2v) is 6.93. The number of rotatable bonds is 10. The summed E-state index contributed by atoms with van der Waals surface area (Å²) in [7, 11) is 0. The fourth-order valence-corrected chi connectivity index (χ4v) is 3.29. The van der Waals surface area contributed by atoms with Crippen molar-refractivity contribution in [2.24, 2.45) is 0 Å². The number of aliphatic hydroxyl groups is 1. The van der Waals surface area contributed by atoms with Gasteiger partial charge in [-0.25, -0.2) is 0 Å². The number of ether oxygens (including phenoxy) is 1. The Bertz CT molecular complexity index is 690. The van der Waals surface area contributed by atoms with Gasteiger partial charge < -0.3 is 19.8 Å². The van der Waals surface area contributed by atoms with Crippen molar-refractivity contribution in [1.29, 1.82) is 0 Å². The molecule has 0 heterocycles. The molecular weight excluding hydrogens is 350 g/mol. The Kier molecular flexibility index (Phi) is 8.31. The Labute approximate surface area is 158 Å². The third-order valence-electron chi connectivity index (χ3n) is 3.86. The van der Waals surface area contributed by atoms with Gasteiger partial charge in [0.15, 0.2) is 6.61 Å². The Morgan fingerprint density at radius 2 is 1.96 bits per heavy atom. The van der Waals surface area contributed by atoms with Crippen LogP contribution >= 0.6 is 11.8 Å². The van der Waals surface area contributed by atoms with Gasteiger partial charge in [-0.15, -0.1) is 11.8 Å². The van der Waals surface area contributed by atoms with Gasteiger partial charge in [-0.2, -0.15) is 0 Å². The summed E-state index contributed by atoms with van der Waals surface area (Å²) in [6.45, 7) is 3.27. The van der Waals surface area contributed by atoms with Crippen molar-refractivity contribution in [3.63, 3.8) is 0 Å². The van der Waals surface area contributed by atoms with Crippen LogP contribution in [0.5, 0.6) is 11.5 Å². The molecule has 0 radical (unpaired) electrons. The van der Waals surface area contributed by atoms with Crippen molar-refractivity contribution in [2.45, 2.75) is 24.8 Å². The summed E-state index contributed by atoms with van der Waals surface area (Å²) >= 11 is 1.66. The van der Waals surface area contributed by atoms with E-state index in [2.05, 4.69) is 0 Å². The van der Waals surface area contributed by atoms with Gasteiger partial charge in [0.05, 0.1) is 6.61 Å². The van der Waals surface area contributed by atoms with Crippen LogP contribution in [0.25, 0.3) is 0 Å². The van der Waals surface area contributed by atoms with Crippen LogP contribution in [0.1, 0.15) is 18.9 Å². The normalized spacial score (nSPS) is 10.5. The first-order chi connectivity index (χ1) is 12.6. The molecule has 1 amide bonds. The Morgan fingerprint density at radius 3 is 2.62 bits per heavy atom. The molecule has 0 bridgehead atoms. The average molecular weight is 375 g/mol. The molecule has 0 unspecified atom stereocenters. The topological polar surface area (TPSA) is 70.0 Å². The molecule has 0 saturated heterocycles. The van der Waals surface area contributed by atoms with Gasteiger partial charge in [0.1, 0.15) is 11.5 Å². The quantitative estimate of drug-likeness (QED) is 0.493. The highest BCUT2D eigenvalue weighted by Gasteiger charge is 2.12. The van der Waals surface area contributed by atoms with Gasteiger partial charge in [-0.3, -0.25) is 4.79 Å². The van der Waals surface area contributed by atoms with Crippen LogP contribution in [0.15, 0.2) is 53.4 Å². The molecule has 2 aromatic rings. The monoisotopic (exact) mass is 375 g/mol. The van der Waals surface area contributed by atoms with Crippen molar-refractivity contribution < 1.29 is 19.7 Å². The van der Waals surface area contributed by atoms with E-state index in [0.29, 0.717) is 18.8 Å². The van der Waals surface area contributed by atoms with E-state index in [1.54, 1.807) is 53.1 Å². The van der Waals surface area contributed by atoms with Crippen LogP contribution in [-0.4, -0.2) is 46.5 Å². The second-order valence-electron chi connectivity index (χ2n) is 5.76. The van der Waals surface area contributed by atoms with E-state index in [0.717, 1.165) is 22.6 Å². The molecule has 0 aliphatic heterocycles. The average Bonchev–Trinajstić information content (AvgIpc) is 2.66. The van der Waals surface area contributed by atoms with Gasteiger partial charge >= 0.3 is 0 Å². The number of nitrogens with zero attached hydrogens (tertiary/aromatic N) is 1. The number of hydrogen-bond donors (Lipinski definition) is 2. The van der Waals surface area contributed by atoms with Gasteiger partial charge in [0.25, 0.3) is 5.91 Å². The zero-order chi connectivity index (χ0) is 18.8. The number of phenols is 1. The maximum atomic E-state index is 12.3. The van der Waals surface area contributed by atoms with Crippen molar-refractivity contribution in [2.75, 3.05) is 25.4 Å². The maximum absolute atomic E-state index is 12.3. The lowest BCUT2D eigenvalue weighted by molar-refractivity contribution is -0.133. The Morgan fingerprint density at radius 1 is 1.19 bits per heavy atom. The van der Waals surface area contributed by atoms with Crippen molar-refractivity contribution >= 4 is 17.7 Å². The Balaban J connectivity index is 1.71. The number of benzene rings is 2. The predicted octanol–water partition coefficient (Wildman–Crippen LogP) is 3.29. The number of carbonyl (C=O) groups excluding carboxylic acids is 1. The molecule has 0 atom stereocenters. The molecule has 0 fully saturated rings. The number of aliphatic hydroxyl groups excluding tert-OH is 1. The highest BCUT2D eigenvalue weighted by Crippen LogP contribution is 2.22. The molecule has 2 aromatic carbocycles. The van der Waals surface area contributed by atoms with Crippen molar-refractivity contribution in [3.8, 4) is 11.5 Å². The third-order valence-corrected chi connectivity index (χ3v) is 4.94. The van der Waals surface area contributed by atoms with E-state index in [-0.39, 0.29) is 24.9 Å². The first-order valence-electron chi connectivity index (χ1n) is 8.64. The van der Waals surface area contributed by atoms with Crippen molar-refractivity contribution in [1.82, 2.24) is 4.90 Å². The number of carbonyl (C=O) groups is 1. The van der Waals surface area contributed by atoms with Crippen LogP contribution in [0.3, 0.4) is 0 Å². The summed E-state index contributed by atoms with van der Waals surface area (Å²) in [5.74, 6) is 1.72. The number of thioether (sulfide) groups is 1. The summed E-state index contributed by atoms with van der Waals surface area (Å²) in [6.07, 6.45) is 0.866. The molecule has 140 valence electrons. The molecule has 0 saturated carbocycles. The fraction of sp³-hybridized carbons (Fsp3) is 0.350. The van der Waals surface area contributed by atoms with Crippen molar-refractivity contribution in [3.05, 3.63) is 54.1 Å². The summed E-state index contributed by atoms with van der Waals surface area (Å²) in [4.78, 5) is 15.1. The summed E-state index contributed by atoms with van der Waals surface area (Å²) in [5, 5.41) is 18.5. The lowest BCUT2D eigenvalue weighted by Gasteiger charge is -2.21. The third kappa shape index (κ3) is 6.61. The molecule has 6 heteroatoms. The van der Waals surface area contributed by atoms with E-state index in [1.807, 2.05) is 19.1 Å². The van der Waals surface area contributed by atoms with E-state index in [4.69, 9.17) is 9.84 Å². The molecule has 2 N–H and O–H groups in total. The zero-order valence-corrected chi connectivity index (χ0v) is 15.7. The van der Waals surface area contributed by atoms with Crippen LogP contribution in [-0.2, 0) is 11.4 Å². The highest BCUT2D eigenvalue weighted by molar-refractivity contribution is 7.99. The van der Waals surface area contributed by atoms with E-state index < -0.39 is 0 Å². The summed E-state index contributed by atoms with van der Waals surface area (Å²) in [5.41, 5.74) is 0.808. The predicted molar refractivity (Wildman–Crippen MR) is 104 cm³/mol. The van der Waals surface area contributed by atoms with Gasteiger partial charge in [0, 0.05) is 18.0 Å². The van der Waals surface area contributed by atoms with E-state index in [9.17, 15) is 9.90 Å².